The van der Waals surface area contributed by atoms with Crippen LogP contribution in [0.2, 0.25) is 0 Å². The molecular weight excluding hydrogens is 447 g/mol. The first kappa shape index (κ1) is 23.7. The molecule has 0 N–H and O–H groups in total. The first-order valence-electron chi connectivity index (χ1n) is 12.5. The van der Waals surface area contributed by atoms with Crippen molar-refractivity contribution in [3.8, 4) is 11.5 Å². The van der Waals surface area contributed by atoms with E-state index in [0.717, 1.165) is 48.3 Å². The third kappa shape index (κ3) is 4.51. The summed E-state index contributed by atoms with van der Waals surface area (Å²) in [4.78, 5) is 21.7. The monoisotopic (exact) mass is 481 g/mol. The molecular formula is C27H34FN4O3+. The van der Waals surface area contributed by atoms with Gasteiger partial charge in [-0.1, -0.05) is 0 Å². The Kier molecular flexibility index (Phi) is 6.25. The number of likely N-dealkylation sites (tertiary alicyclic amines) is 1. The predicted octanol–water partition coefficient (Wildman–Crippen LogP) is 4.11. The second-order valence-electron chi connectivity index (χ2n) is 10.7. The molecule has 2 aromatic heterocycles. The average molecular weight is 482 g/mol. The van der Waals surface area contributed by atoms with Crippen molar-refractivity contribution >= 4 is 11.0 Å². The van der Waals surface area contributed by atoms with Crippen molar-refractivity contribution in [2.75, 3.05) is 26.3 Å². The van der Waals surface area contributed by atoms with Gasteiger partial charge in [-0.25, -0.2) is 9.37 Å². The van der Waals surface area contributed by atoms with Gasteiger partial charge in [0.05, 0.1) is 60.3 Å². The molecule has 2 atom stereocenters. The number of aromatic nitrogens is 3. The zero-order valence-electron chi connectivity index (χ0n) is 20.8. The molecule has 1 aromatic carbocycles. The summed E-state index contributed by atoms with van der Waals surface area (Å²) < 4.78 is 28.1. The Labute approximate surface area is 205 Å². The van der Waals surface area contributed by atoms with Gasteiger partial charge in [0, 0.05) is 18.9 Å². The molecule has 4 heterocycles. The Morgan fingerprint density at radius 2 is 1.89 bits per heavy atom. The van der Waals surface area contributed by atoms with Crippen molar-refractivity contribution in [1.29, 1.82) is 0 Å². The molecule has 0 bridgehead atoms. The fourth-order valence-electron chi connectivity index (χ4n) is 5.98. The Balaban J connectivity index is 1.47. The van der Waals surface area contributed by atoms with E-state index >= 15 is 0 Å². The van der Waals surface area contributed by atoms with Crippen molar-refractivity contribution < 1.29 is 18.3 Å². The van der Waals surface area contributed by atoms with Gasteiger partial charge in [0.2, 0.25) is 0 Å². The van der Waals surface area contributed by atoms with E-state index in [9.17, 15) is 9.18 Å². The van der Waals surface area contributed by atoms with E-state index in [4.69, 9.17) is 14.5 Å². The number of hydrogen-bond donors (Lipinski definition) is 0. The first-order valence-corrected chi connectivity index (χ1v) is 12.5. The summed E-state index contributed by atoms with van der Waals surface area (Å²) in [7, 11) is 0. The van der Waals surface area contributed by atoms with Crippen LogP contribution < -0.4 is 15.0 Å². The Bertz CT molecular complexity index is 1290. The van der Waals surface area contributed by atoms with Crippen molar-refractivity contribution in [2.24, 2.45) is 0 Å². The van der Waals surface area contributed by atoms with Crippen LogP contribution in [0.5, 0.6) is 11.5 Å². The normalized spacial score (nSPS) is 22.3. The lowest BCUT2D eigenvalue weighted by molar-refractivity contribution is -0.996. The van der Waals surface area contributed by atoms with Gasteiger partial charge in [0.25, 0.3) is 5.56 Å². The Morgan fingerprint density at radius 3 is 2.69 bits per heavy atom. The lowest BCUT2D eigenvalue weighted by Gasteiger charge is -2.56. The molecule has 0 radical (unpaired) electrons. The molecule has 7 nitrogen and oxygen atoms in total. The molecule has 0 amide bonds. The standard InChI is InChI=1S/C27H34FN4O3/c1-27(2,3)32(11-9-31-23-14-19(28)7-8-22(23)30-18-26(31)33)10-5-4-6-21(32)15-20-16-24-25(17-29-20)35-13-12-34-24/h7-8,14,16-18,21H,4-6,9-13,15H2,1-3H3/q+1. The van der Waals surface area contributed by atoms with Gasteiger partial charge in [-0.05, 0) is 51.8 Å². The molecule has 2 unspecified atom stereocenters. The van der Waals surface area contributed by atoms with Crippen LogP contribution in [0.1, 0.15) is 45.7 Å². The molecule has 5 rings (SSSR count). The van der Waals surface area contributed by atoms with Crippen LogP contribution in [-0.2, 0) is 13.0 Å². The van der Waals surface area contributed by atoms with E-state index in [-0.39, 0.29) is 16.9 Å². The number of benzene rings is 1. The highest BCUT2D eigenvalue weighted by Crippen LogP contribution is 2.38. The summed E-state index contributed by atoms with van der Waals surface area (Å²) in [6, 6.07) is 6.79. The molecule has 35 heavy (non-hydrogen) atoms. The van der Waals surface area contributed by atoms with Crippen LogP contribution in [0.3, 0.4) is 0 Å². The number of piperidine rings is 1. The van der Waals surface area contributed by atoms with E-state index < -0.39 is 0 Å². The molecule has 0 spiro atoms. The number of halogens is 1. The first-order chi connectivity index (χ1) is 16.8. The largest absolute Gasteiger partial charge is 0.486 e. The zero-order chi connectivity index (χ0) is 24.6. The number of quaternary nitrogens is 1. The highest BCUT2D eigenvalue weighted by atomic mass is 19.1. The summed E-state index contributed by atoms with van der Waals surface area (Å²) in [6.07, 6.45) is 7.35. The van der Waals surface area contributed by atoms with Gasteiger partial charge >= 0.3 is 0 Å². The Morgan fingerprint density at radius 1 is 1.09 bits per heavy atom. The van der Waals surface area contributed by atoms with Crippen LogP contribution in [-0.4, -0.2) is 56.9 Å². The van der Waals surface area contributed by atoms with E-state index in [0.29, 0.717) is 42.6 Å². The van der Waals surface area contributed by atoms with Crippen molar-refractivity contribution in [2.45, 2.75) is 64.6 Å². The number of hydrogen-bond acceptors (Lipinski definition) is 5. The minimum atomic E-state index is -0.362. The lowest BCUT2D eigenvalue weighted by atomic mass is 9.86. The Hall–Kier alpha value is -3.00. The summed E-state index contributed by atoms with van der Waals surface area (Å²) in [6.45, 7) is 10.3. The summed E-state index contributed by atoms with van der Waals surface area (Å²) in [5.74, 6) is 1.11. The second kappa shape index (κ2) is 9.22. The van der Waals surface area contributed by atoms with Crippen LogP contribution >= 0.6 is 0 Å². The molecule has 8 heteroatoms. The van der Waals surface area contributed by atoms with Crippen molar-refractivity contribution in [3.63, 3.8) is 0 Å². The minimum absolute atomic E-state index is 0.0450. The fourth-order valence-corrected chi connectivity index (χ4v) is 5.98. The number of rotatable bonds is 5. The number of pyridine rings is 1. The summed E-state index contributed by atoms with van der Waals surface area (Å²) in [5.41, 5.74) is 1.94. The van der Waals surface area contributed by atoms with Gasteiger partial charge in [0.1, 0.15) is 19.0 Å². The van der Waals surface area contributed by atoms with Crippen LogP contribution in [0.4, 0.5) is 4.39 Å². The molecule has 3 aromatic rings. The molecule has 1 fully saturated rings. The van der Waals surface area contributed by atoms with Gasteiger partial charge in [-0.3, -0.25) is 14.3 Å². The highest BCUT2D eigenvalue weighted by Gasteiger charge is 2.47. The molecule has 186 valence electrons. The SMILES string of the molecule is CC(C)(C)[N+]1(CCn2c(=O)cnc3ccc(F)cc32)CCCCC1Cc1cc2c(cn1)OCCO2. The van der Waals surface area contributed by atoms with Gasteiger partial charge in [-0.15, -0.1) is 0 Å². The third-order valence-corrected chi connectivity index (χ3v) is 7.84. The van der Waals surface area contributed by atoms with E-state index in [2.05, 4.69) is 25.8 Å². The fraction of sp³-hybridized carbons (Fsp3) is 0.519. The van der Waals surface area contributed by atoms with E-state index in [1.165, 1.54) is 24.8 Å². The van der Waals surface area contributed by atoms with Gasteiger partial charge in [0.15, 0.2) is 11.5 Å². The number of fused-ring (bicyclic) bond motifs is 2. The minimum Gasteiger partial charge on any atom is -0.486 e. The number of nitrogens with zero attached hydrogens (tertiary/aromatic N) is 4. The van der Waals surface area contributed by atoms with Crippen molar-refractivity contribution in [3.05, 3.63) is 58.5 Å². The lowest BCUT2D eigenvalue weighted by Crippen LogP contribution is -2.68. The summed E-state index contributed by atoms with van der Waals surface area (Å²) >= 11 is 0. The van der Waals surface area contributed by atoms with E-state index in [1.54, 1.807) is 16.8 Å². The second-order valence-corrected chi connectivity index (χ2v) is 10.7. The molecule has 2 aliphatic rings. The van der Waals surface area contributed by atoms with Gasteiger partial charge in [-0.2, -0.15) is 0 Å². The maximum absolute atomic E-state index is 14.1. The highest BCUT2D eigenvalue weighted by molar-refractivity contribution is 5.74. The quantitative estimate of drug-likeness (QED) is 0.513. The van der Waals surface area contributed by atoms with Crippen LogP contribution in [0, 0.1) is 5.82 Å². The predicted molar refractivity (Wildman–Crippen MR) is 132 cm³/mol. The van der Waals surface area contributed by atoms with Gasteiger partial charge < -0.3 is 14.0 Å². The van der Waals surface area contributed by atoms with E-state index in [1.807, 2.05) is 6.07 Å². The molecule has 1 saturated heterocycles. The zero-order valence-corrected chi connectivity index (χ0v) is 20.8. The topological polar surface area (TPSA) is 66.2 Å². The maximum Gasteiger partial charge on any atom is 0.269 e. The van der Waals surface area contributed by atoms with Crippen LogP contribution in [0.25, 0.3) is 11.0 Å². The smallest absolute Gasteiger partial charge is 0.269 e. The molecule has 0 aliphatic carbocycles. The maximum atomic E-state index is 14.1. The summed E-state index contributed by atoms with van der Waals surface area (Å²) in [5, 5.41) is 0. The molecule has 2 aliphatic heterocycles. The number of ether oxygens (including phenoxy) is 2. The molecule has 0 saturated carbocycles. The third-order valence-electron chi connectivity index (χ3n) is 7.84. The average Bonchev–Trinajstić information content (AvgIpc) is 2.83. The van der Waals surface area contributed by atoms with Crippen LogP contribution in [0.15, 0.2) is 41.5 Å². The van der Waals surface area contributed by atoms with Crippen molar-refractivity contribution in [1.82, 2.24) is 14.5 Å².